The number of hydrogen-bond acceptors (Lipinski definition) is 5. The summed E-state index contributed by atoms with van der Waals surface area (Å²) in [4.78, 5) is 14.2. The molecule has 1 aromatic rings. The molecule has 10 heteroatoms. The number of benzene rings is 1. The number of halogens is 2. The van der Waals surface area contributed by atoms with Crippen LogP contribution in [0.3, 0.4) is 0 Å². The minimum absolute atomic E-state index is 0. The maximum Gasteiger partial charge on any atom is 0.243 e. The van der Waals surface area contributed by atoms with E-state index in [-0.39, 0.29) is 43.3 Å². The van der Waals surface area contributed by atoms with Gasteiger partial charge in [-0.15, -0.1) is 24.8 Å². The Labute approximate surface area is 174 Å². The maximum absolute atomic E-state index is 12.6. The SMILES string of the molecule is Cc1ccc(S(=O)(=O)N2CCN(CC(=O)NCCC(C)N)CC2)cc1.Cl.Cl. The fourth-order valence-corrected chi connectivity index (χ4v) is 4.11. The number of carbonyl (C=O) groups excluding carboxylic acids is 1. The number of sulfonamides is 1. The van der Waals surface area contributed by atoms with Crippen molar-refractivity contribution >= 4 is 40.7 Å². The van der Waals surface area contributed by atoms with Gasteiger partial charge in [0.05, 0.1) is 11.4 Å². The van der Waals surface area contributed by atoms with E-state index in [4.69, 9.17) is 5.73 Å². The van der Waals surface area contributed by atoms with Crippen LogP contribution in [0.1, 0.15) is 18.9 Å². The monoisotopic (exact) mass is 440 g/mol. The van der Waals surface area contributed by atoms with Gasteiger partial charge in [-0.2, -0.15) is 4.31 Å². The Balaban J connectivity index is 0.00000338. The van der Waals surface area contributed by atoms with Crippen LogP contribution < -0.4 is 11.1 Å². The van der Waals surface area contributed by atoms with Gasteiger partial charge in [0.25, 0.3) is 0 Å². The maximum atomic E-state index is 12.6. The van der Waals surface area contributed by atoms with Crippen molar-refractivity contribution < 1.29 is 13.2 Å². The first-order valence-corrected chi connectivity index (χ1v) is 10.0. The molecule has 1 aliphatic heterocycles. The van der Waals surface area contributed by atoms with Crippen molar-refractivity contribution in [3.05, 3.63) is 29.8 Å². The van der Waals surface area contributed by atoms with Crippen LogP contribution in [-0.4, -0.2) is 68.8 Å². The van der Waals surface area contributed by atoms with Crippen molar-refractivity contribution in [1.29, 1.82) is 0 Å². The lowest BCUT2D eigenvalue weighted by Gasteiger charge is -2.33. The minimum Gasteiger partial charge on any atom is -0.355 e. The van der Waals surface area contributed by atoms with E-state index in [0.717, 1.165) is 12.0 Å². The summed E-state index contributed by atoms with van der Waals surface area (Å²) in [7, 11) is -3.46. The molecule has 1 atom stereocenters. The highest BCUT2D eigenvalue weighted by Gasteiger charge is 2.28. The molecular formula is C17H30Cl2N4O3S. The number of nitrogens with one attached hydrogen (secondary N) is 1. The summed E-state index contributed by atoms with van der Waals surface area (Å²) in [6.07, 6.45) is 0.744. The predicted molar refractivity (Wildman–Crippen MR) is 112 cm³/mol. The first kappa shape index (κ1) is 26.1. The standard InChI is InChI=1S/C17H28N4O3S.2ClH/c1-14-3-5-16(6-4-14)25(23,24)21-11-9-20(10-12-21)13-17(22)19-8-7-15(2)18;;/h3-6,15H,7-13,18H2,1-2H3,(H,19,22);2*1H. The molecule has 0 aromatic heterocycles. The molecule has 1 saturated heterocycles. The zero-order valence-electron chi connectivity index (χ0n) is 15.8. The van der Waals surface area contributed by atoms with Gasteiger partial charge in [-0.05, 0) is 32.4 Å². The topological polar surface area (TPSA) is 95.7 Å². The predicted octanol–water partition coefficient (Wildman–Crippen LogP) is 0.998. The lowest BCUT2D eigenvalue weighted by Crippen LogP contribution is -2.51. The van der Waals surface area contributed by atoms with E-state index in [1.54, 1.807) is 24.3 Å². The second-order valence-electron chi connectivity index (χ2n) is 6.61. The molecule has 0 radical (unpaired) electrons. The van der Waals surface area contributed by atoms with Crippen LogP contribution in [0.25, 0.3) is 0 Å². The Morgan fingerprint density at radius 3 is 2.22 bits per heavy atom. The fourth-order valence-electron chi connectivity index (χ4n) is 2.69. The Morgan fingerprint density at radius 1 is 1.15 bits per heavy atom. The smallest absolute Gasteiger partial charge is 0.243 e. The van der Waals surface area contributed by atoms with E-state index in [1.807, 2.05) is 18.7 Å². The quantitative estimate of drug-likeness (QED) is 0.658. The van der Waals surface area contributed by atoms with Gasteiger partial charge in [0.15, 0.2) is 0 Å². The number of rotatable bonds is 7. The van der Waals surface area contributed by atoms with Gasteiger partial charge in [-0.25, -0.2) is 8.42 Å². The number of aryl methyl sites for hydroxylation is 1. The van der Waals surface area contributed by atoms with Crippen LogP contribution in [0, 0.1) is 6.92 Å². The highest BCUT2D eigenvalue weighted by atomic mass is 35.5. The van der Waals surface area contributed by atoms with Gasteiger partial charge >= 0.3 is 0 Å². The molecular weight excluding hydrogens is 411 g/mol. The summed E-state index contributed by atoms with van der Waals surface area (Å²) >= 11 is 0. The molecule has 7 nitrogen and oxygen atoms in total. The lowest BCUT2D eigenvalue weighted by atomic mass is 10.2. The molecule has 1 amide bonds. The summed E-state index contributed by atoms with van der Waals surface area (Å²) in [5, 5.41) is 2.84. The van der Waals surface area contributed by atoms with E-state index < -0.39 is 10.0 Å². The van der Waals surface area contributed by atoms with Gasteiger partial charge in [-0.1, -0.05) is 17.7 Å². The van der Waals surface area contributed by atoms with Gasteiger partial charge in [-0.3, -0.25) is 9.69 Å². The molecule has 3 N–H and O–H groups in total. The first-order valence-electron chi connectivity index (χ1n) is 8.60. The number of amides is 1. The second-order valence-corrected chi connectivity index (χ2v) is 8.55. The van der Waals surface area contributed by atoms with E-state index in [9.17, 15) is 13.2 Å². The molecule has 0 aliphatic carbocycles. The number of nitrogens with zero attached hydrogens (tertiary/aromatic N) is 2. The fraction of sp³-hybridized carbons (Fsp3) is 0.588. The Kier molecular flexibility index (Phi) is 11.4. The number of hydrogen-bond donors (Lipinski definition) is 2. The highest BCUT2D eigenvalue weighted by Crippen LogP contribution is 2.18. The minimum atomic E-state index is -3.46. The Morgan fingerprint density at radius 2 is 1.70 bits per heavy atom. The van der Waals surface area contributed by atoms with Crippen LogP contribution in [0.15, 0.2) is 29.2 Å². The van der Waals surface area contributed by atoms with Crippen LogP contribution in [0.2, 0.25) is 0 Å². The highest BCUT2D eigenvalue weighted by molar-refractivity contribution is 7.89. The van der Waals surface area contributed by atoms with Crippen molar-refractivity contribution in [3.8, 4) is 0 Å². The molecule has 156 valence electrons. The first-order chi connectivity index (χ1) is 11.8. The van der Waals surface area contributed by atoms with Gasteiger partial charge in [0.2, 0.25) is 15.9 Å². The van der Waals surface area contributed by atoms with Crippen molar-refractivity contribution in [2.75, 3.05) is 39.3 Å². The van der Waals surface area contributed by atoms with Crippen molar-refractivity contribution in [2.24, 2.45) is 5.73 Å². The zero-order chi connectivity index (χ0) is 18.4. The van der Waals surface area contributed by atoms with Crippen molar-refractivity contribution in [2.45, 2.75) is 31.2 Å². The summed E-state index contributed by atoms with van der Waals surface area (Å²) in [6.45, 7) is 6.56. The second kappa shape index (κ2) is 11.8. The third kappa shape index (κ3) is 7.93. The Hall–Kier alpha value is -0.900. The average Bonchev–Trinajstić information content (AvgIpc) is 2.55. The van der Waals surface area contributed by atoms with E-state index in [0.29, 0.717) is 37.6 Å². The molecule has 1 unspecified atom stereocenters. The third-order valence-corrected chi connectivity index (χ3v) is 6.19. The zero-order valence-corrected chi connectivity index (χ0v) is 18.2. The van der Waals surface area contributed by atoms with E-state index in [2.05, 4.69) is 5.32 Å². The third-order valence-electron chi connectivity index (χ3n) is 4.28. The summed E-state index contributed by atoms with van der Waals surface area (Å²) in [5.74, 6) is -0.0458. The van der Waals surface area contributed by atoms with Gasteiger partial charge in [0.1, 0.15) is 0 Å². The molecule has 1 fully saturated rings. The molecule has 2 rings (SSSR count). The largest absolute Gasteiger partial charge is 0.355 e. The normalized spacial score (nSPS) is 16.7. The lowest BCUT2D eigenvalue weighted by molar-refractivity contribution is -0.122. The van der Waals surface area contributed by atoms with Crippen LogP contribution in [0.4, 0.5) is 0 Å². The van der Waals surface area contributed by atoms with Crippen LogP contribution in [-0.2, 0) is 14.8 Å². The molecule has 1 aromatic carbocycles. The molecule has 27 heavy (non-hydrogen) atoms. The average molecular weight is 441 g/mol. The number of piperazine rings is 1. The Bertz CT molecular complexity index is 676. The number of nitrogens with two attached hydrogens (primary N) is 1. The van der Waals surface area contributed by atoms with Crippen molar-refractivity contribution in [1.82, 2.24) is 14.5 Å². The molecule has 1 heterocycles. The van der Waals surface area contributed by atoms with Gasteiger partial charge < -0.3 is 11.1 Å². The summed E-state index contributed by atoms with van der Waals surface area (Å²) in [5.41, 5.74) is 6.68. The summed E-state index contributed by atoms with van der Waals surface area (Å²) in [6, 6.07) is 6.95. The number of carbonyl (C=O) groups is 1. The molecule has 0 bridgehead atoms. The molecule has 0 saturated carbocycles. The van der Waals surface area contributed by atoms with Crippen LogP contribution >= 0.6 is 24.8 Å². The van der Waals surface area contributed by atoms with E-state index >= 15 is 0 Å². The van der Waals surface area contributed by atoms with Gasteiger partial charge in [0, 0.05) is 38.8 Å². The van der Waals surface area contributed by atoms with Crippen molar-refractivity contribution in [3.63, 3.8) is 0 Å². The van der Waals surface area contributed by atoms with E-state index in [1.165, 1.54) is 4.31 Å². The molecule has 1 aliphatic rings. The molecule has 0 spiro atoms. The summed E-state index contributed by atoms with van der Waals surface area (Å²) < 4.78 is 26.8. The van der Waals surface area contributed by atoms with Crippen LogP contribution in [0.5, 0.6) is 0 Å².